The van der Waals surface area contributed by atoms with Crippen LogP contribution < -0.4 is 0 Å². The number of nitrogens with zero attached hydrogens (tertiary/aromatic N) is 1. The number of hydrogen-bond acceptors (Lipinski definition) is 9. The maximum absolute atomic E-state index is 14.8. The molecule has 9 nitrogen and oxygen atoms in total. The molecule has 0 aromatic rings. The van der Waals surface area contributed by atoms with Crippen molar-refractivity contribution in [1.82, 2.24) is 4.90 Å². The molecule has 8 heterocycles. The van der Waals surface area contributed by atoms with Crippen LogP contribution in [-0.4, -0.2) is 72.7 Å². The Bertz CT molecular complexity index is 1300. The van der Waals surface area contributed by atoms with Crippen LogP contribution in [-0.2, 0) is 38.5 Å². The fourth-order valence-electron chi connectivity index (χ4n) is 10.5. The van der Waals surface area contributed by atoms with Crippen LogP contribution in [0.25, 0.3) is 0 Å². The zero-order chi connectivity index (χ0) is 34.2. The van der Waals surface area contributed by atoms with Crippen LogP contribution in [0.5, 0.6) is 0 Å². The van der Waals surface area contributed by atoms with Gasteiger partial charge in [0.25, 0.3) is 0 Å². The molecule has 6 saturated heterocycles. The zero-order valence-corrected chi connectivity index (χ0v) is 27.7. The van der Waals surface area contributed by atoms with E-state index in [9.17, 15) is 26.3 Å². The number of likely N-dealkylation sites (N-methyl/N-ethyl adjacent to an activating group) is 1. The first-order valence-electron chi connectivity index (χ1n) is 17.1. The first-order chi connectivity index (χ1) is 22.4. The van der Waals surface area contributed by atoms with Crippen molar-refractivity contribution in [3.05, 3.63) is 22.7 Å². The van der Waals surface area contributed by atoms with Crippen molar-refractivity contribution >= 4 is 0 Å². The van der Waals surface area contributed by atoms with Gasteiger partial charge in [-0.15, -0.1) is 0 Å². The number of allylic oxidation sites excluding steroid dienone is 2. The fraction of sp³-hybridized carbons (Fsp3) is 0.879. The normalized spacial score (nSPS) is 48.4. The number of alkyl halides is 6. The second-order valence-corrected chi connectivity index (χ2v) is 15.8. The molecule has 0 unspecified atom stereocenters. The smallest absolute Gasteiger partial charge is 0.449 e. The maximum atomic E-state index is 14.8. The summed E-state index contributed by atoms with van der Waals surface area (Å²) in [4.78, 5) is 25.1. The molecule has 10 rings (SSSR count). The average molecular weight is 696 g/mol. The molecule has 2 aliphatic carbocycles. The largest absolute Gasteiger partial charge is 0.456 e. The van der Waals surface area contributed by atoms with E-state index in [1.807, 2.05) is 13.8 Å². The molecule has 0 N–H and O–H groups in total. The van der Waals surface area contributed by atoms with Gasteiger partial charge in [0, 0.05) is 49.6 Å². The second-order valence-electron chi connectivity index (χ2n) is 15.8. The third-order valence-corrected chi connectivity index (χ3v) is 12.7. The monoisotopic (exact) mass is 695 g/mol. The summed E-state index contributed by atoms with van der Waals surface area (Å²) >= 11 is 0. The number of fused-ring (bicyclic) bond motifs is 4. The Labute approximate surface area is 275 Å². The minimum Gasteiger partial charge on any atom is -0.456 e. The first kappa shape index (κ1) is 33.5. The quantitative estimate of drug-likeness (QED) is 0.227. The SMILES string of the molecule is C[C@@H]1CC[C@H]2C(CN(C)CC3=C(C(F)(F)F)O[C@@H]4O[C@@]5(C)CC[C@H]6[C@H](C)CC[C@@H]3[C@@]46OO5)=C(C(F)(F)F)O[C@@H]3O[C@@]4(C)CC[C@@H]1[C@]32OO4. The van der Waals surface area contributed by atoms with Gasteiger partial charge in [-0.2, -0.15) is 26.3 Å². The Balaban J connectivity index is 1.17. The summed E-state index contributed by atoms with van der Waals surface area (Å²) in [7, 11) is 1.51. The molecule has 0 aromatic heterocycles. The van der Waals surface area contributed by atoms with Gasteiger partial charge in [0.1, 0.15) is 0 Å². The predicted molar refractivity (Wildman–Crippen MR) is 151 cm³/mol. The molecule has 10 aliphatic rings. The lowest BCUT2D eigenvalue weighted by atomic mass is 9.59. The van der Waals surface area contributed by atoms with Crippen LogP contribution in [0, 0.1) is 35.5 Å². The molecular weight excluding hydrogens is 652 g/mol. The summed E-state index contributed by atoms with van der Waals surface area (Å²) in [6, 6.07) is 0. The van der Waals surface area contributed by atoms with Crippen LogP contribution in [0.3, 0.4) is 0 Å². The van der Waals surface area contributed by atoms with Crippen molar-refractivity contribution in [1.29, 1.82) is 0 Å². The van der Waals surface area contributed by atoms with E-state index in [0.717, 1.165) is 0 Å². The summed E-state index contributed by atoms with van der Waals surface area (Å²) in [5.74, 6) is -6.73. The van der Waals surface area contributed by atoms with E-state index in [0.29, 0.717) is 51.4 Å². The minimum atomic E-state index is -4.88. The highest BCUT2D eigenvalue weighted by molar-refractivity contribution is 5.32. The lowest BCUT2D eigenvalue weighted by Gasteiger charge is -2.58. The number of ether oxygens (including phenoxy) is 4. The molecule has 0 aromatic carbocycles. The van der Waals surface area contributed by atoms with E-state index in [-0.39, 0.29) is 47.9 Å². The van der Waals surface area contributed by atoms with Crippen molar-refractivity contribution in [2.24, 2.45) is 35.5 Å². The molecule has 2 spiro atoms. The molecule has 48 heavy (non-hydrogen) atoms. The summed E-state index contributed by atoms with van der Waals surface area (Å²) in [5.41, 5.74) is -2.84. The Morgan fingerprint density at radius 1 is 0.625 bits per heavy atom. The van der Waals surface area contributed by atoms with Crippen molar-refractivity contribution in [3.8, 4) is 0 Å². The zero-order valence-electron chi connectivity index (χ0n) is 27.7. The van der Waals surface area contributed by atoms with Gasteiger partial charge < -0.3 is 18.9 Å². The highest BCUT2D eigenvalue weighted by atomic mass is 19.4. The first-order valence-corrected chi connectivity index (χ1v) is 17.1. The maximum Gasteiger partial charge on any atom is 0.449 e. The predicted octanol–water partition coefficient (Wildman–Crippen LogP) is 7.04. The van der Waals surface area contributed by atoms with Gasteiger partial charge in [-0.05, 0) is 82.4 Å². The van der Waals surface area contributed by atoms with Crippen molar-refractivity contribution in [2.45, 2.75) is 127 Å². The van der Waals surface area contributed by atoms with E-state index in [2.05, 4.69) is 0 Å². The van der Waals surface area contributed by atoms with Crippen LogP contribution in [0.4, 0.5) is 26.3 Å². The van der Waals surface area contributed by atoms with Crippen molar-refractivity contribution in [2.75, 3.05) is 20.1 Å². The molecule has 2 saturated carbocycles. The Hall–Kier alpha value is -1.62. The topological polar surface area (TPSA) is 77.1 Å². The van der Waals surface area contributed by atoms with Gasteiger partial charge in [-0.25, -0.2) is 19.6 Å². The Morgan fingerprint density at radius 3 is 1.40 bits per heavy atom. The van der Waals surface area contributed by atoms with Crippen molar-refractivity contribution < 1.29 is 64.8 Å². The number of halogens is 6. The standard InChI is InChI=1S/C33H43F6NO8/c1-16-6-8-22-18(24(32(34,35)36)41-26-30(22)20(16)10-12-28(3,43-26)45-47-30)14-40(5)15-19-23-9-7-17(2)21-11-13-29(4)44-27(31(21,23)48-46-29)42-25(19)33(37,38)39/h16-17,20-23,26-27H,6-15H2,1-5H3/t16-,17-,20+,21+,22+,23+,26-,27-,28-,29-,30-,31-/m1/s1. The fourth-order valence-corrected chi connectivity index (χ4v) is 10.5. The second kappa shape index (κ2) is 10.7. The third-order valence-electron chi connectivity index (χ3n) is 12.7. The third kappa shape index (κ3) is 4.77. The highest BCUT2D eigenvalue weighted by Gasteiger charge is 2.72. The summed E-state index contributed by atoms with van der Waals surface area (Å²) < 4.78 is 113. The van der Waals surface area contributed by atoms with Crippen molar-refractivity contribution in [3.63, 3.8) is 0 Å². The van der Waals surface area contributed by atoms with Gasteiger partial charge in [-0.3, -0.25) is 4.90 Å². The molecule has 270 valence electrons. The van der Waals surface area contributed by atoms with Gasteiger partial charge in [0.2, 0.25) is 35.7 Å². The van der Waals surface area contributed by atoms with Gasteiger partial charge >= 0.3 is 12.4 Å². The van der Waals surface area contributed by atoms with E-state index >= 15 is 0 Å². The van der Waals surface area contributed by atoms with Crippen LogP contribution in [0.1, 0.15) is 79.1 Å². The molecule has 0 amide bonds. The van der Waals surface area contributed by atoms with Gasteiger partial charge in [0.15, 0.2) is 11.2 Å². The van der Waals surface area contributed by atoms with Crippen LogP contribution in [0.2, 0.25) is 0 Å². The molecule has 15 heteroatoms. The Kier molecular flexibility index (Phi) is 7.47. The number of rotatable bonds is 4. The summed E-state index contributed by atoms with van der Waals surface area (Å²) in [6.07, 6.45) is -8.46. The van der Waals surface area contributed by atoms with E-state index in [1.54, 1.807) is 13.8 Å². The molecule has 8 fully saturated rings. The lowest BCUT2D eigenvalue weighted by Crippen LogP contribution is -2.68. The van der Waals surface area contributed by atoms with E-state index in [1.165, 1.54) is 11.9 Å². The lowest BCUT2D eigenvalue weighted by molar-refractivity contribution is -0.558. The summed E-state index contributed by atoms with van der Waals surface area (Å²) in [6.45, 7) is 6.67. The molecule has 8 aliphatic heterocycles. The van der Waals surface area contributed by atoms with E-state index in [4.69, 9.17) is 38.5 Å². The van der Waals surface area contributed by atoms with Gasteiger partial charge in [0.05, 0.1) is 0 Å². The van der Waals surface area contributed by atoms with E-state index < -0.39 is 71.1 Å². The van der Waals surface area contributed by atoms with Crippen LogP contribution in [0.15, 0.2) is 22.7 Å². The molecule has 12 atom stereocenters. The van der Waals surface area contributed by atoms with Gasteiger partial charge in [-0.1, -0.05) is 13.8 Å². The highest BCUT2D eigenvalue weighted by Crippen LogP contribution is 2.63. The average Bonchev–Trinajstić information content (AvgIpc) is 3.36. The summed E-state index contributed by atoms with van der Waals surface area (Å²) in [5, 5.41) is 0. The number of hydrogen-bond donors (Lipinski definition) is 0. The molecule has 4 bridgehead atoms. The molecular formula is C33H43F6NO8. The van der Waals surface area contributed by atoms with Crippen LogP contribution >= 0.6 is 0 Å². The molecule has 0 radical (unpaired) electrons. The Morgan fingerprint density at radius 2 is 1.02 bits per heavy atom. The minimum absolute atomic E-state index is 0.0845.